The Bertz CT molecular complexity index is 922. The number of likely N-dealkylation sites (tertiary alicyclic amines) is 1. The van der Waals surface area contributed by atoms with Gasteiger partial charge in [-0.2, -0.15) is 13.2 Å². The third-order valence-corrected chi connectivity index (χ3v) is 6.37. The first-order chi connectivity index (χ1) is 15.2. The zero-order chi connectivity index (χ0) is 22.8. The maximum atomic E-state index is 13.0. The summed E-state index contributed by atoms with van der Waals surface area (Å²) >= 11 is 0. The number of rotatable bonds is 4. The van der Waals surface area contributed by atoms with Crippen molar-refractivity contribution >= 4 is 11.7 Å². The van der Waals surface area contributed by atoms with E-state index >= 15 is 0 Å². The lowest BCUT2D eigenvalue weighted by Gasteiger charge is -2.40. The van der Waals surface area contributed by atoms with E-state index in [9.17, 15) is 23.1 Å². The SMILES string of the molecule is O=C(CN1CCN(c2ccccn2)CC1)N1CCC(O)(c2cccc(C(F)(F)F)c2)CC1. The van der Waals surface area contributed by atoms with Crippen molar-refractivity contribution < 1.29 is 23.1 Å². The minimum atomic E-state index is -4.45. The van der Waals surface area contributed by atoms with Crippen molar-refractivity contribution in [2.75, 3.05) is 50.7 Å². The number of halogens is 3. The summed E-state index contributed by atoms with van der Waals surface area (Å²) in [4.78, 5) is 23.1. The Morgan fingerprint density at radius 2 is 1.72 bits per heavy atom. The molecule has 32 heavy (non-hydrogen) atoms. The lowest BCUT2D eigenvalue weighted by molar-refractivity contribution is -0.137. The van der Waals surface area contributed by atoms with Crippen LogP contribution in [0.3, 0.4) is 0 Å². The number of hydrogen-bond acceptors (Lipinski definition) is 5. The average molecular weight is 448 g/mol. The van der Waals surface area contributed by atoms with Crippen LogP contribution in [0.2, 0.25) is 0 Å². The Balaban J connectivity index is 1.29. The topological polar surface area (TPSA) is 59.9 Å². The summed E-state index contributed by atoms with van der Waals surface area (Å²) in [5.74, 6) is 0.922. The average Bonchev–Trinajstić information content (AvgIpc) is 2.80. The molecule has 6 nitrogen and oxygen atoms in total. The third kappa shape index (κ3) is 5.05. The molecule has 0 bridgehead atoms. The highest BCUT2D eigenvalue weighted by molar-refractivity contribution is 5.78. The van der Waals surface area contributed by atoms with Gasteiger partial charge in [-0.1, -0.05) is 18.2 Å². The van der Waals surface area contributed by atoms with Crippen LogP contribution >= 0.6 is 0 Å². The maximum Gasteiger partial charge on any atom is 0.416 e. The molecule has 9 heteroatoms. The molecule has 4 rings (SSSR count). The smallest absolute Gasteiger partial charge is 0.385 e. The molecule has 2 aromatic rings. The van der Waals surface area contributed by atoms with Crippen LogP contribution in [0.25, 0.3) is 0 Å². The number of pyridine rings is 1. The van der Waals surface area contributed by atoms with Gasteiger partial charge in [0.05, 0.1) is 17.7 Å². The van der Waals surface area contributed by atoms with E-state index in [0.29, 0.717) is 19.6 Å². The number of aliphatic hydroxyl groups is 1. The summed E-state index contributed by atoms with van der Waals surface area (Å²) < 4.78 is 39.1. The van der Waals surface area contributed by atoms with Gasteiger partial charge in [-0.05, 0) is 42.7 Å². The quantitative estimate of drug-likeness (QED) is 0.780. The van der Waals surface area contributed by atoms with E-state index in [2.05, 4.69) is 14.8 Å². The van der Waals surface area contributed by atoms with Gasteiger partial charge >= 0.3 is 6.18 Å². The number of anilines is 1. The van der Waals surface area contributed by atoms with Crippen LogP contribution in [0.4, 0.5) is 19.0 Å². The summed E-state index contributed by atoms with van der Waals surface area (Å²) in [5.41, 5.74) is -1.87. The molecule has 2 saturated heterocycles. The Labute approximate surface area is 185 Å². The molecule has 3 heterocycles. The molecule has 0 aliphatic carbocycles. The molecule has 0 unspecified atom stereocenters. The number of alkyl halides is 3. The second-order valence-electron chi connectivity index (χ2n) is 8.44. The largest absolute Gasteiger partial charge is 0.416 e. The molecular weight excluding hydrogens is 421 g/mol. The number of carbonyl (C=O) groups is 1. The maximum absolute atomic E-state index is 13.0. The molecule has 0 atom stereocenters. The lowest BCUT2D eigenvalue weighted by Crippen LogP contribution is -2.52. The standard InChI is InChI=1S/C23H27F3N4O2/c24-23(25,26)19-5-3-4-18(16-19)22(32)7-10-30(11-8-22)21(31)17-28-12-14-29(15-13-28)20-6-1-2-9-27-20/h1-6,9,16,32H,7-8,10-15,17H2. The number of aromatic nitrogens is 1. The van der Waals surface area contributed by atoms with Crippen molar-refractivity contribution in [2.24, 2.45) is 0 Å². The summed E-state index contributed by atoms with van der Waals surface area (Å²) in [5, 5.41) is 11.0. The molecule has 0 saturated carbocycles. The molecule has 0 radical (unpaired) electrons. The predicted octanol–water partition coefficient (Wildman–Crippen LogP) is 2.73. The van der Waals surface area contributed by atoms with E-state index in [1.54, 1.807) is 11.1 Å². The molecule has 2 aliphatic heterocycles. The molecule has 2 aliphatic rings. The first-order valence-corrected chi connectivity index (χ1v) is 10.8. The number of nitrogens with zero attached hydrogens (tertiary/aromatic N) is 4. The van der Waals surface area contributed by atoms with Crippen LogP contribution in [0, 0.1) is 0 Å². The number of amides is 1. The van der Waals surface area contributed by atoms with Crippen molar-refractivity contribution in [3.05, 3.63) is 59.8 Å². The fourth-order valence-corrected chi connectivity index (χ4v) is 4.37. The fraction of sp³-hybridized carbons (Fsp3) is 0.478. The molecular formula is C23H27F3N4O2. The molecule has 1 aromatic carbocycles. The first kappa shape index (κ1) is 22.5. The Morgan fingerprint density at radius 3 is 2.34 bits per heavy atom. The highest BCUT2D eigenvalue weighted by Gasteiger charge is 2.38. The number of benzene rings is 1. The summed E-state index contributed by atoms with van der Waals surface area (Å²) in [6.07, 6.45) is -2.26. The van der Waals surface area contributed by atoms with Crippen molar-refractivity contribution in [3.63, 3.8) is 0 Å². The zero-order valence-corrected chi connectivity index (χ0v) is 17.8. The second kappa shape index (κ2) is 9.07. The Morgan fingerprint density at radius 1 is 1.00 bits per heavy atom. The van der Waals surface area contributed by atoms with E-state index in [1.165, 1.54) is 12.1 Å². The van der Waals surface area contributed by atoms with Crippen LogP contribution in [0.15, 0.2) is 48.7 Å². The molecule has 2 fully saturated rings. The molecule has 0 spiro atoms. The molecule has 1 aromatic heterocycles. The van der Waals surface area contributed by atoms with Gasteiger partial charge < -0.3 is 14.9 Å². The number of hydrogen-bond donors (Lipinski definition) is 1. The Kier molecular flexibility index (Phi) is 6.39. The highest BCUT2D eigenvalue weighted by Crippen LogP contribution is 2.36. The summed E-state index contributed by atoms with van der Waals surface area (Å²) in [7, 11) is 0. The van der Waals surface area contributed by atoms with E-state index in [0.717, 1.165) is 44.1 Å². The summed E-state index contributed by atoms with van der Waals surface area (Å²) in [6.45, 7) is 4.03. The van der Waals surface area contributed by atoms with Crippen molar-refractivity contribution in [3.8, 4) is 0 Å². The van der Waals surface area contributed by atoms with E-state index in [-0.39, 0.29) is 24.3 Å². The molecule has 1 amide bonds. The van der Waals surface area contributed by atoms with Crippen LogP contribution < -0.4 is 4.90 Å². The van der Waals surface area contributed by atoms with E-state index in [1.807, 2.05) is 18.2 Å². The summed E-state index contributed by atoms with van der Waals surface area (Å²) in [6, 6.07) is 10.7. The van der Waals surface area contributed by atoms with Crippen molar-refractivity contribution in [1.29, 1.82) is 0 Å². The minimum absolute atomic E-state index is 0.0117. The Hall–Kier alpha value is -2.65. The normalized spacial score (nSPS) is 19.8. The van der Waals surface area contributed by atoms with Gasteiger partial charge in [-0.25, -0.2) is 4.98 Å². The van der Waals surface area contributed by atoms with Crippen LogP contribution in [0.5, 0.6) is 0 Å². The second-order valence-corrected chi connectivity index (χ2v) is 8.44. The van der Waals surface area contributed by atoms with Gasteiger partial charge in [-0.3, -0.25) is 9.69 Å². The van der Waals surface area contributed by atoms with Gasteiger partial charge in [-0.15, -0.1) is 0 Å². The molecule has 1 N–H and O–H groups in total. The predicted molar refractivity (Wildman–Crippen MR) is 114 cm³/mol. The van der Waals surface area contributed by atoms with Crippen molar-refractivity contribution in [2.45, 2.75) is 24.6 Å². The zero-order valence-electron chi connectivity index (χ0n) is 17.8. The number of piperazine rings is 1. The van der Waals surface area contributed by atoms with Gasteiger partial charge in [0.25, 0.3) is 0 Å². The van der Waals surface area contributed by atoms with Crippen molar-refractivity contribution in [1.82, 2.24) is 14.8 Å². The van der Waals surface area contributed by atoms with Crippen LogP contribution in [-0.4, -0.2) is 71.6 Å². The van der Waals surface area contributed by atoms with Gasteiger partial charge in [0.2, 0.25) is 5.91 Å². The van der Waals surface area contributed by atoms with Crippen LogP contribution in [-0.2, 0) is 16.6 Å². The number of piperidine rings is 1. The number of carbonyl (C=O) groups excluding carboxylic acids is 1. The van der Waals surface area contributed by atoms with Gasteiger partial charge in [0.15, 0.2) is 0 Å². The van der Waals surface area contributed by atoms with Crippen LogP contribution in [0.1, 0.15) is 24.0 Å². The van der Waals surface area contributed by atoms with E-state index < -0.39 is 17.3 Å². The first-order valence-electron chi connectivity index (χ1n) is 10.8. The third-order valence-electron chi connectivity index (χ3n) is 6.37. The highest BCUT2D eigenvalue weighted by atomic mass is 19.4. The fourth-order valence-electron chi connectivity index (χ4n) is 4.37. The van der Waals surface area contributed by atoms with E-state index in [4.69, 9.17) is 0 Å². The van der Waals surface area contributed by atoms with Gasteiger partial charge in [0, 0.05) is 45.5 Å². The lowest BCUT2D eigenvalue weighted by atomic mass is 9.83. The monoisotopic (exact) mass is 448 g/mol. The minimum Gasteiger partial charge on any atom is -0.385 e. The van der Waals surface area contributed by atoms with Gasteiger partial charge in [0.1, 0.15) is 5.82 Å². The molecule has 172 valence electrons.